The second kappa shape index (κ2) is 10.8. The number of nitrogens with zero attached hydrogens (tertiary/aromatic N) is 2. The third-order valence-corrected chi connectivity index (χ3v) is 6.37. The maximum atomic E-state index is 12.4. The van der Waals surface area contributed by atoms with Crippen molar-refractivity contribution in [2.45, 2.75) is 32.7 Å². The van der Waals surface area contributed by atoms with Crippen LogP contribution in [0.4, 0.5) is 5.13 Å². The van der Waals surface area contributed by atoms with Gasteiger partial charge in [-0.3, -0.25) is 19.8 Å². The molecule has 3 heterocycles. The Bertz CT molecular complexity index is 786. The number of ether oxygens (including phenoxy) is 1. The van der Waals surface area contributed by atoms with Gasteiger partial charge in [0, 0.05) is 31.1 Å². The van der Waals surface area contributed by atoms with Gasteiger partial charge in [0.25, 0.3) is 5.91 Å². The van der Waals surface area contributed by atoms with E-state index in [9.17, 15) is 9.59 Å². The predicted octanol–water partition coefficient (Wildman–Crippen LogP) is 2.86. The molecule has 0 spiro atoms. The number of aromatic nitrogens is 1. The van der Waals surface area contributed by atoms with E-state index in [1.54, 1.807) is 6.07 Å². The number of thiazole rings is 1. The van der Waals surface area contributed by atoms with Gasteiger partial charge in [-0.05, 0) is 23.8 Å². The number of rotatable bonds is 9. The molecule has 1 saturated heterocycles. The zero-order chi connectivity index (χ0) is 20.6. The zero-order valence-electron chi connectivity index (χ0n) is 16.8. The van der Waals surface area contributed by atoms with Gasteiger partial charge in [-0.2, -0.15) is 0 Å². The Morgan fingerprint density at radius 3 is 2.76 bits per heavy atom. The standard InChI is InChI=1S/C20H28N4O3S2/c1-14(2)10-16(24-5-7-27-8-6-24)12-21-18(25)11-15-13-29-20(22-15)23-19(26)17-4-3-9-28-17/h3-4,9,13-14,16H,5-8,10-12H2,1-2H3,(H,21,25)(H,22,23,26). The molecule has 0 radical (unpaired) electrons. The average Bonchev–Trinajstić information content (AvgIpc) is 3.38. The highest BCUT2D eigenvalue weighted by atomic mass is 32.1. The fraction of sp³-hybridized carbons (Fsp3) is 0.550. The number of anilines is 1. The fourth-order valence-electron chi connectivity index (χ4n) is 3.32. The second-order valence-corrected chi connectivity index (χ2v) is 9.29. The van der Waals surface area contributed by atoms with E-state index in [2.05, 4.69) is 34.4 Å². The highest BCUT2D eigenvalue weighted by Crippen LogP contribution is 2.18. The number of hydrogen-bond donors (Lipinski definition) is 2. The number of carbonyl (C=O) groups excluding carboxylic acids is 2. The fourth-order valence-corrected chi connectivity index (χ4v) is 4.64. The maximum Gasteiger partial charge on any atom is 0.267 e. The normalized spacial score (nSPS) is 16.0. The number of thiophene rings is 1. The number of nitrogens with one attached hydrogen (secondary N) is 2. The van der Waals surface area contributed by atoms with E-state index in [0.717, 1.165) is 32.7 Å². The molecule has 1 atom stereocenters. The summed E-state index contributed by atoms with van der Waals surface area (Å²) < 4.78 is 5.45. The molecule has 1 unspecified atom stereocenters. The molecule has 2 N–H and O–H groups in total. The topological polar surface area (TPSA) is 83.6 Å². The minimum absolute atomic E-state index is 0.0477. The maximum absolute atomic E-state index is 12.4. The highest BCUT2D eigenvalue weighted by molar-refractivity contribution is 7.14. The Morgan fingerprint density at radius 2 is 2.07 bits per heavy atom. The van der Waals surface area contributed by atoms with E-state index >= 15 is 0 Å². The Morgan fingerprint density at radius 1 is 1.28 bits per heavy atom. The van der Waals surface area contributed by atoms with Gasteiger partial charge < -0.3 is 10.1 Å². The number of carbonyl (C=O) groups is 2. The smallest absolute Gasteiger partial charge is 0.267 e. The van der Waals surface area contributed by atoms with Gasteiger partial charge in [0.05, 0.1) is 30.2 Å². The number of morpholine rings is 1. The van der Waals surface area contributed by atoms with Crippen molar-refractivity contribution >= 4 is 39.6 Å². The number of amides is 2. The summed E-state index contributed by atoms with van der Waals surface area (Å²) in [5.41, 5.74) is 0.667. The molecule has 0 aromatic carbocycles. The van der Waals surface area contributed by atoms with E-state index in [0.29, 0.717) is 34.2 Å². The first-order chi connectivity index (χ1) is 14.0. The summed E-state index contributed by atoms with van der Waals surface area (Å²) in [7, 11) is 0. The minimum Gasteiger partial charge on any atom is -0.379 e. The van der Waals surface area contributed by atoms with Gasteiger partial charge in [-0.15, -0.1) is 22.7 Å². The van der Waals surface area contributed by atoms with E-state index in [4.69, 9.17) is 4.74 Å². The van der Waals surface area contributed by atoms with Gasteiger partial charge in [-0.25, -0.2) is 4.98 Å². The Labute approximate surface area is 179 Å². The van der Waals surface area contributed by atoms with Gasteiger partial charge >= 0.3 is 0 Å². The first-order valence-corrected chi connectivity index (χ1v) is 11.6. The summed E-state index contributed by atoms with van der Waals surface area (Å²) in [6, 6.07) is 3.92. The van der Waals surface area contributed by atoms with Crippen molar-refractivity contribution in [3.8, 4) is 0 Å². The van der Waals surface area contributed by atoms with Crippen LogP contribution in [-0.4, -0.2) is 60.6 Å². The van der Waals surface area contributed by atoms with Crippen LogP contribution in [0.15, 0.2) is 22.9 Å². The first kappa shape index (κ1) is 21.9. The molecule has 1 aliphatic rings. The van der Waals surface area contributed by atoms with Crippen LogP contribution in [0.3, 0.4) is 0 Å². The van der Waals surface area contributed by atoms with Crippen molar-refractivity contribution < 1.29 is 14.3 Å². The molecule has 158 valence electrons. The van der Waals surface area contributed by atoms with Crippen LogP contribution in [0.1, 0.15) is 35.6 Å². The molecular formula is C20H28N4O3S2. The summed E-state index contributed by atoms with van der Waals surface area (Å²) in [6.07, 6.45) is 1.25. The number of hydrogen-bond acceptors (Lipinski definition) is 7. The lowest BCUT2D eigenvalue weighted by Gasteiger charge is -2.35. The zero-order valence-corrected chi connectivity index (χ0v) is 18.5. The van der Waals surface area contributed by atoms with E-state index < -0.39 is 0 Å². The van der Waals surface area contributed by atoms with Crippen molar-refractivity contribution in [2.75, 3.05) is 38.2 Å². The predicted molar refractivity (Wildman–Crippen MR) is 117 cm³/mol. The molecule has 0 aliphatic carbocycles. The quantitative estimate of drug-likeness (QED) is 0.632. The SMILES string of the molecule is CC(C)CC(CNC(=O)Cc1csc(NC(=O)c2cccs2)n1)N1CCOCC1. The Hall–Kier alpha value is -1.81. The van der Waals surface area contributed by atoms with Crippen LogP contribution in [0, 0.1) is 5.92 Å². The van der Waals surface area contributed by atoms with Crippen LogP contribution < -0.4 is 10.6 Å². The van der Waals surface area contributed by atoms with E-state index in [1.165, 1.54) is 22.7 Å². The molecule has 29 heavy (non-hydrogen) atoms. The van der Waals surface area contributed by atoms with Gasteiger partial charge in [-0.1, -0.05) is 19.9 Å². The first-order valence-electron chi connectivity index (χ1n) is 9.89. The third-order valence-electron chi connectivity index (χ3n) is 4.70. The molecule has 0 saturated carbocycles. The van der Waals surface area contributed by atoms with E-state index in [-0.39, 0.29) is 18.2 Å². The molecule has 2 aromatic heterocycles. The largest absolute Gasteiger partial charge is 0.379 e. The van der Waals surface area contributed by atoms with Gasteiger partial charge in [0.2, 0.25) is 5.91 Å². The lowest BCUT2D eigenvalue weighted by molar-refractivity contribution is -0.120. The Balaban J connectivity index is 1.48. The molecule has 1 fully saturated rings. The molecule has 9 heteroatoms. The van der Waals surface area contributed by atoms with Crippen LogP contribution in [0.2, 0.25) is 0 Å². The molecule has 2 amide bonds. The van der Waals surface area contributed by atoms with Crippen molar-refractivity contribution in [3.05, 3.63) is 33.5 Å². The molecule has 2 aromatic rings. The second-order valence-electron chi connectivity index (χ2n) is 7.49. The summed E-state index contributed by atoms with van der Waals surface area (Å²) in [4.78, 5) is 31.9. The summed E-state index contributed by atoms with van der Waals surface area (Å²) in [6.45, 7) is 8.36. The third kappa shape index (κ3) is 6.88. The molecule has 1 aliphatic heterocycles. The summed E-state index contributed by atoms with van der Waals surface area (Å²) in [5.74, 6) is 0.341. The molecular weight excluding hydrogens is 408 g/mol. The van der Waals surface area contributed by atoms with Crippen molar-refractivity contribution in [2.24, 2.45) is 5.92 Å². The lowest BCUT2D eigenvalue weighted by atomic mass is 10.0. The van der Waals surface area contributed by atoms with E-state index in [1.807, 2.05) is 16.8 Å². The van der Waals surface area contributed by atoms with Crippen molar-refractivity contribution in [3.63, 3.8) is 0 Å². The van der Waals surface area contributed by atoms with Crippen LogP contribution in [0.25, 0.3) is 0 Å². The van der Waals surface area contributed by atoms with Gasteiger partial charge in [0.15, 0.2) is 5.13 Å². The highest BCUT2D eigenvalue weighted by Gasteiger charge is 2.22. The molecule has 3 rings (SSSR count). The average molecular weight is 437 g/mol. The molecule has 0 bridgehead atoms. The van der Waals surface area contributed by atoms with Crippen LogP contribution >= 0.6 is 22.7 Å². The Kier molecular flexibility index (Phi) is 8.17. The summed E-state index contributed by atoms with van der Waals surface area (Å²) >= 11 is 2.71. The van der Waals surface area contributed by atoms with Crippen LogP contribution in [-0.2, 0) is 16.0 Å². The van der Waals surface area contributed by atoms with Gasteiger partial charge in [0.1, 0.15) is 0 Å². The van der Waals surface area contributed by atoms with Crippen LogP contribution in [0.5, 0.6) is 0 Å². The summed E-state index contributed by atoms with van der Waals surface area (Å²) in [5, 5.41) is 10.0. The monoisotopic (exact) mass is 436 g/mol. The molecule has 7 nitrogen and oxygen atoms in total. The lowest BCUT2D eigenvalue weighted by Crippen LogP contribution is -2.49. The van der Waals surface area contributed by atoms with Crippen molar-refractivity contribution in [1.29, 1.82) is 0 Å². The van der Waals surface area contributed by atoms with Crippen molar-refractivity contribution in [1.82, 2.24) is 15.2 Å². The minimum atomic E-state index is -0.174.